The molecule has 1 atom stereocenters. The summed E-state index contributed by atoms with van der Waals surface area (Å²) < 4.78 is 6.49. The van der Waals surface area contributed by atoms with Gasteiger partial charge < -0.3 is 4.74 Å². The fraction of sp³-hybridized carbons (Fsp3) is 0.556. The van der Waals surface area contributed by atoms with Crippen LogP contribution in [0.1, 0.15) is 25.1 Å². The lowest BCUT2D eigenvalue weighted by atomic mass is 10.3. The highest BCUT2D eigenvalue weighted by Gasteiger charge is 2.09. The van der Waals surface area contributed by atoms with Gasteiger partial charge in [0.1, 0.15) is 6.23 Å². The molecular formula is C9H14N2O3. The second kappa shape index (κ2) is 4.23. The minimum atomic E-state index is -0.436. The second-order valence-electron chi connectivity index (χ2n) is 3.08. The third-order valence-corrected chi connectivity index (χ3v) is 2.08. The third kappa shape index (κ3) is 1.93. The number of H-pyrrole nitrogens is 1. The average Bonchev–Trinajstić information content (AvgIpc) is 2.15. The molecule has 0 bridgehead atoms. The zero-order valence-electron chi connectivity index (χ0n) is 8.53. The maximum Gasteiger partial charge on any atom is 0.330 e. The van der Waals surface area contributed by atoms with Crippen molar-refractivity contribution in [3.05, 3.63) is 32.6 Å². The van der Waals surface area contributed by atoms with Crippen LogP contribution in [0.3, 0.4) is 0 Å². The van der Waals surface area contributed by atoms with Gasteiger partial charge in [-0.3, -0.25) is 14.3 Å². The zero-order chi connectivity index (χ0) is 10.7. The standard InChI is InChI=1S/C9H14N2O3/c1-4-7(14-3)11-5-6(2)8(12)10-9(11)13/h5,7H,4H2,1-3H3,(H,10,12,13)/t7-/m1/s1. The highest BCUT2D eigenvalue weighted by Crippen LogP contribution is 2.07. The van der Waals surface area contributed by atoms with Crippen LogP contribution in [0.4, 0.5) is 0 Å². The molecule has 5 heteroatoms. The first-order valence-corrected chi connectivity index (χ1v) is 4.45. The summed E-state index contributed by atoms with van der Waals surface area (Å²) in [6, 6.07) is 0. The average molecular weight is 198 g/mol. The van der Waals surface area contributed by atoms with Crippen molar-refractivity contribution < 1.29 is 4.74 Å². The first-order chi connectivity index (χ1) is 6.60. The number of rotatable bonds is 3. The van der Waals surface area contributed by atoms with E-state index < -0.39 is 5.69 Å². The quantitative estimate of drug-likeness (QED) is 0.764. The Morgan fingerprint density at radius 3 is 2.71 bits per heavy atom. The largest absolute Gasteiger partial charge is 0.361 e. The molecular weight excluding hydrogens is 184 g/mol. The summed E-state index contributed by atoms with van der Waals surface area (Å²) in [7, 11) is 1.53. The Labute approximate surface area is 81.3 Å². The van der Waals surface area contributed by atoms with E-state index in [0.29, 0.717) is 12.0 Å². The normalized spacial score (nSPS) is 12.8. The number of aryl methyl sites for hydroxylation is 1. The van der Waals surface area contributed by atoms with Gasteiger partial charge in [-0.1, -0.05) is 6.92 Å². The highest BCUT2D eigenvalue weighted by atomic mass is 16.5. The number of nitrogens with one attached hydrogen (secondary N) is 1. The van der Waals surface area contributed by atoms with Gasteiger partial charge in [0.05, 0.1) is 0 Å². The van der Waals surface area contributed by atoms with Gasteiger partial charge in [-0.2, -0.15) is 0 Å². The van der Waals surface area contributed by atoms with Gasteiger partial charge >= 0.3 is 5.69 Å². The molecule has 1 heterocycles. The number of hydrogen-bond acceptors (Lipinski definition) is 3. The predicted molar refractivity (Wildman–Crippen MR) is 52.4 cm³/mol. The number of ether oxygens (including phenoxy) is 1. The van der Waals surface area contributed by atoms with Crippen LogP contribution in [-0.4, -0.2) is 16.7 Å². The Hall–Kier alpha value is -1.36. The molecule has 0 aromatic carbocycles. The van der Waals surface area contributed by atoms with Crippen molar-refractivity contribution >= 4 is 0 Å². The topological polar surface area (TPSA) is 64.1 Å². The Morgan fingerprint density at radius 1 is 1.57 bits per heavy atom. The number of aromatic nitrogens is 2. The van der Waals surface area contributed by atoms with Crippen molar-refractivity contribution in [2.45, 2.75) is 26.5 Å². The van der Waals surface area contributed by atoms with E-state index in [4.69, 9.17) is 4.74 Å². The summed E-state index contributed by atoms with van der Waals surface area (Å²) in [4.78, 5) is 24.7. The van der Waals surface area contributed by atoms with E-state index >= 15 is 0 Å². The lowest BCUT2D eigenvalue weighted by Crippen LogP contribution is -2.33. The highest BCUT2D eigenvalue weighted by molar-refractivity contribution is 5.01. The molecule has 5 nitrogen and oxygen atoms in total. The van der Waals surface area contributed by atoms with Crippen LogP contribution >= 0.6 is 0 Å². The first-order valence-electron chi connectivity index (χ1n) is 4.45. The van der Waals surface area contributed by atoms with Crippen molar-refractivity contribution in [3.8, 4) is 0 Å². The third-order valence-electron chi connectivity index (χ3n) is 2.08. The Balaban J connectivity index is 3.28. The molecule has 0 amide bonds. The summed E-state index contributed by atoms with van der Waals surface area (Å²) in [5.74, 6) is 0. The van der Waals surface area contributed by atoms with Gasteiger partial charge in [0.15, 0.2) is 0 Å². The van der Waals surface area contributed by atoms with Crippen molar-refractivity contribution in [3.63, 3.8) is 0 Å². The molecule has 78 valence electrons. The minimum absolute atomic E-state index is 0.321. The van der Waals surface area contributed by atoms with Crippen LogP contribution in [0.5, 0.6) is 0 Å². The lowest BCUT2D eigenvalue weighted by molar-refractivity contribution is 0.0368. The number of hydrogen-bond donors (Lipinski definition) is 1. The summed E-state index contributed by atoms with van der Waals surface area (Å²) in [6.45, 7) is 3.55. The maximum absolute atomic E-state index is 11.4. The van der Waals surface area contributed by atoms with Crippen molar-refractivity contribution in [1.29, 1.82) is 0 Å². The van der Waals surface area contributed by atoms with Crippen molar-refractivity contribution in [2.75, 3.05) is 7.11 Å². The van der Waals surface area contributed by atoms with E-state index in [-0.39, 0.29) is 11.8 Å². The summed E-state index contributed by atoms with van der Waals surface area (Å²) in [5, 5.41) is 0. The Bertz CT molecular complexity index is 415. The molecule has 0 spiro atoms. The molecule has 14 heavy (non-hydrogen) atoms. The number of methoxy groups -OCH3 is 1. The van der Waals surface area contributed by atoms with Crippen LogP contribution in [0.2, 0.25) is 0 Å². The molecule has 1 aromatic rings. The molecule has 1 N–H and O–H groups in total. The van der Waals surface area contributed by atoms with E-state index in [9.17, 15) is 9.59 Å². The molecule has 1 rings (SSSR count). The first kappa shape index (κ1) is 10.7. The molecule has 0 aliphatic heterocycles. The van der Waals surface area contributed by atoms with Crippen molar-refractivity contribution in [1.82, 2.24) is 9.55 Å². The molecule has 0 unspecified atom stereocenters. The van der Waals surface area contributed by atoms with Crippen LogP contribution in [0.15, 0.2) is 15.8 Å². The molecule has 0 fully saturated rings. The van der Waals surface area contributed by atoms with Gasteiger partial charge in [0.25, 0.3) is 5.56 Å². The Morgan fingerprint density at radius 2 is 2.21 bits per heavy atom. The zero-order valence-corrected chi connectivity index (χ0v) is 8.53. The monoisotopic (exact) mass is 198 g/mol. The van der Waals surface area contributed by atoms with Gasteiger partial charge in [0, 0.05) is 18.9 Å². The summed E-state index contributed by atoms with van der Waals surface area (Å²) in [6.07, 6.45) is 1.86. The molecule has 0 aliphatic rings. The summed E-state index contributed by atoms with van der Waals surface area (Å²) in [5.41, 5.74) is -0.286. The minimum Gasteiger partial charge on any atom is -0.361 e. The van der Waals surface area contributed by atoms with E-state index in [1.165, 1.54) is 17.9 Å². The van der Waals surface area contributed by atoms with Crippen LogP contribution in [-0.2, 0) is 4.74 Å². The molecule has 0 aliphatic carbocycles. The van der Waals surface area contributed by atoms with Gasteiger partial charge in [-0.15, -0.1) is 0 Å². The molecule has 0 saturated carbocycles. The number of aromatic amines is 1. The van der Waals surface area contributed by atoms with Gasteiger partial charge in [-0.25, -0.2) is 4.79 Å². The van der Waals surface area contributed by atoms with Crippen LogP contribution < -0.4 is 11.2 Å². The molecule has 0 saturated heterocycles. The van der Waals surface area contributed by atoms with Crippen LogP contribution in [0.25, 0.3) is 0 Å². The van der Waals surface area contributed by atoms with E-state index in [1.54, 1.807) is 6.92 Å². The van der Waals surface area contributed by atoms with Crippen molar-refractivity contribution in [2.24, 2.45) is 0 Å². The maximum atomic E-state index is 11.4. The van der Waals surface area contributed by atoms with Gasteiger partial charge in [-0.05, 0) is 13.3 Å². The van der Waals surface area contributed by atoms with E-state index in [2.05, 4.69) is 4.98 Å². The van der Waals surface area contributed by atoms with E-state index in [0.717, 1.165) is 0 Å². The Kier molecular flexibility index (Phi) is 3.24. The molecule has 1 aromatic heterocycles. The SMILES string of the molecule is CC[C@@H](OC)n1cc(C)c(=O)[nH]c1=O. The fourth-order valence-corrected chi connectivity index (χ4v) is 1.28. The lowest BCUT2D eigenvalue weighted by Gasteiger charge is -2.15. The van der Waals surface area contributed by atoms with E-state index in [1.807, 2.05) is 6.92 Å². The molecule has 0 radical (unpaired) electrons. The number of nitrogens with zero attached hydrogens (tertiary/aromatic N) is 1. The second-order valence-corrected chi connectivity index (χ2v) is 3.08. The predicted octanol–water partition coefficient (Wildman–Crippen LogP) is 0.400. The van der Waals surface area contributed by atoms with Crippen LogP contribution in [0, 0.1) is 6.92 Å². The fourth-order valence-electron chi connectivity index (χ4n) is 1.28. The smallest absolute Gasteiger partial charge is 0.330 e. The summed E-state index contributed by atoms with van der Waals surface area (Å²) >= 11 is 0. The van der Waals surface area contributed by atoms with Gasteiger partial charge in [0.2, 0.25) is 0 Å².